The average molecular weight is 301 g/mol. The zero-order valence-corrected chi connectivity index (χ0v) is 13.0. The molecule has 0 fully saturated rings. The van der Waals surface area contributed by atoms with E-state index >= 15 is 0 Å². The molecule has 0 aliphatic carbocycles. The molecule has 1 aromatic heterocycles. The van der Waals surface area contributed by atoms with E-state index in [9.17, 15) is 0 Å². The van der Waals surface area contributed by atoms with Crippen LogP contribution >= 0.6 is 11.3 Å². The zero-order valence-electron chi connectivity index (χ0n) is 12.2. The summed E-state index contributed by atoms with van der Waals surface area (Å²) in [5.41, 5.74) is 2.46. The Morgan fingerprint density at radius 2 is 2.14 bits per heavy atom. The summed E-state index contributed by atoms with van der Waals surface area (Å²) in [7, 11) is 1.68. The molecule has 2 aromatic rings. The highest BCUT2D eigenvalue weighted by atomic mass is 32.1. The van der Waals surface area contributed by atoms with E-state index in [2.05, 4.69) is 46.1 Å². The summed E-state index contributed by atoms with van der Waals surface area (Å²) in [6, 6.07) is 10.8. The molecule has 4 nitrogen and oxygen atoms in total. The minimum atomic E-state index is 0.436. The monoisotopic (exact) mass is 301 g/mol. The van der Waals surface area contributed by atoms with E-state index in [0.717, 1.165) is 24.8 Å². The Balaban J connectivity index is 1.62. The summed E-state index contributed by atoms with van der Waals surface area (Å²) in [4.78, 5) is 5.70. The SMILES string of the molecule is COc1ccc(-c2csc(CNC3=NCC(C)N3)c2)cc1. The standard InChI is InChI=1S/C16H19N3OS/c1-11-8-17-16(19-11)18-9-15-7-13(10-21-15)12-3-5-14(20-2)6-4-12/h3-7,10-11H,8-9H2,1-2H3,(H2,17,18,19). The van der Waals surface area contributed by atoms with Crippen LogP contribution in [-0.2, 0) is 6.54 Å². The number of aliphatic imine (C=N–C) groups is 1. The van der Waals surface area contributed by atoms with Crippen molar-refractivity contribution in [3.8, 4) is 16.9 Å². The second-order valence-corrected chi connectivity index (χ2v) is 6.11. The maximum atomic E-state index is 5.19. The summed E-state index contributed by atoms with van der Waals surface area (Å²) in [5.74, 6) is 1.79. The van der Waals surface area contributed by atoms with Gasteiger partial charge in [-0.05, 0) is 41.6 Å². The van der Waals surface area contributed by atoms with Gasteiger partial charge in [-0.15, -0.1) is 11.3 Å². The lowest BCUT2D eigenvalue weighted by atomic mass is 10.1. The van der Waals surface area contributed by atoms with E-state index in [4.69, 9.17) is 4.74 Å². The van der Waals surface area contributed by atoms with E-state index in [1.54, 1.807) is 18.4 Å². The van der Waals surface area contributed by atoms with Crippen molar-refractivity contribution in [2.45, 2.75) is 19.5 Å². The first-order valence-electron chi connectivity index (χ1n) is 7.01. The third-order valence-corrected chi connectivity index (χ3v) is 4.35. The second-order valence-electron chi connectivity index (χ2n) is 5.12. The summed E-state index contributed by atoms with van der Waals surface area (Å²) in [6.07, 6.45) is 0. The first-order valence-corrected chi connectivity index (χ1v) is 7.89. The molecule has 5 heteroatoms. The molecule has 1 aliphatic heterocycles. The number of guanidine groups is 1. The first-order chi connectivity index (χ1) is 10.2. The van der Waals surface area contributed by atoms with E-state index in [1.165, 1.54) is 16.0 Å². The van der Waals surface area contributed by atoms with Crippen molar-refractivity contribution in [3.05, 3.63) is 40.6 Å². The van der Waals surface area contributed by atoms with Crippen LogP contribution in [0.25, 0.3) is 11.1 Å². The Kier molecular flexibility index (Phi) is 4.10. The van der Waals surface area contributed by atoms with Gasteiger partial charge in [0.2, 0.25) is 0 Å². The molecule has 0 saturated heterocycles. The molecular weight excluding hydrogens is 282 g/mol. The Labute approximate surface area is 128 Å². The van der Waals surface area contributed by atoms with Gasteiger partial charge in [-0.25, -0.2) is 0 Å². The molecule has 2 heterocycles. The fourth-order valence-corrected chi connectivity index (χ4v) is 3.07. The van der Waals surface area contributed by atoms with Gasteiger partial charge in [-0.2, -0.15) is 0 Å². The Hall–Kier alpha value is -2.01. The lowest BCUT2D eigenvalue weighted by Crippen LogP contribution is -2.36. The van der Waals surface area contributed by atoms with Crippen LogP contribution in [0.5, 0.6) is 5.75 Å². The molecule has 0 saturated carbocycles. The van der Waals surface area contributed by atoms with Gasteiger partial charge in [0.1, 0.15) is 5.75 Å². The van der Waals surface area contributed by atoms with Crippen LogP contribution in [0.2, 0.25) is 0 Å². The molecule has 1 atom stereocenters. The predicted octanol–water partition coefficient (Wildman–Crippen LogP) is 2.86. The first kappa shape index (κ1) is 13.9. The Morgan fingerprint density at radius 1 is 1.33 bits per heavy atom. The van der Waals surface area contributed by atoms with Crippen molar-refractivity contribution in [2.24, 2.45) is 4.99 Å². The summed E-state index contributed by atoms with van der Waals surface area (Å²) < 4.78 is 5.19. The third-order valence-electron chi connectivity index (χ3n) is 3.41. The van der Waals surface area contributed by atoms with Crippen molar-refractivity contribution < 1.29 is 4.74 Å². The molecule has 1 aliphatic rings. The van der Waals surface area contributed by atoms with Crippen LogP contribution in [0.1, 0.15) is 11.8 Å². The molecule has 110 valence electrons. The summed E-state index contributed by atoms with van der Waals surface area (Å²) in [5, 5.41) is 8.83. The topological polar surface area (TPSA) is 45.6 Å². The molecular formula is C16H19N3OS. The fourth-order valence-electron chi connectivity index (χ4n) is 2.24. The van der Waals surface area contributed by atoms with Crippen molar-refractivity contribution in [3.63, 3.8) is 0 Å². The number of thiophene rings is 1. The van der Waals surface area contributed by atoms with Gasteiger partial charge in [-0.3, -0.25) is 4.99 Å². The van der Waals surface area contributed by atoms with Crippen molar-refractivity contribution in [1.29, 1.82) is 0 Å². The summed E-state index contributed by atoms with van der Waals surface area (Å²) in [6.45, 7) is 3.79. The van der Waals surface area contributed by atoms with E-state index in [-0.39, 0.29) is 0 Å². The molecule has 1 unspecified atom stereocenters. The van der Waals surface area contributed by atoms with Crippen LogP contribution < -0.4 is 15.4 Å². The molecule has 0 radical (unpaired) electrons. The smallest absolute Gasteiger partial charge is 0.191 e. The van der Waals surface area contributed by atoms with Crippen LogP contribution in [0.3, 0.4) is 0 Å². The lowest BCUT2D eigenvalue weighted by molar-refractivity contribution is 0.415. The minimum absolute atomic E-state index is 0.436. The molecule has 0 bridgehead atoms. The number of ether oxygens (including phenoxy) is 1. The number of hydrogen-bond donors (Lipinski definition) is 2. The quantitative estimate of drug-likeness (QED) is 0.913. The van der Waals surface area contributed by atoms with Crippen LogP contribution in [-0.4, -0.2) is 25.7 Å². The molecule has 21 heavy (non-hydrogen) atoms. The van der Waals surface area contributed by atoms with Gasteiger partial charge >= 0.3 is 0 Å². The summed E-state index contributed by atoms with van der Waals surface area (Å²) >= 11 is 1.76. The van der Waals surface area contributed by atoms with E-state index in [1.807, 2.05) is 12.1 Å². The molecule has 1 aromatic carbocycles. The number of rotatable bonds is 4. The highest BCUT2D eigenvalue weighted by Crippen LogP contribution is 2.27. The second kappa shape index (κ2) is 6.18. The van der Waals surface area contributed by atoms with Crippen LogP contribution in [0, 0.1) is 0 Å². The van der Waals surface area contributed by atoms with Crippen LogP contribution in [0.15, 0.2) is 40.7 Å². The number of methoxy groups -OCH3 is 1. The number of hydrogen-bond acceptors (Lipinski definition) is 5. The lowest BCUT2D eigenvalue weighted by Gasteiger charge is -2.07. The predicted molar refractivity (Wildman–Crippen MR) is 88.0 cm³/mol. The normalized spacial score (nSPS) is 17.2. The van der Waals surface area contributed by atoms with Gasteiger partial charge in [0, 0.05) is 10.9 Å². The highest BCUT2D eigenvalue weighted by Gasteiger charge is 2.12. The minimum Gasteiger partial charge on any atom is -0.497 e. The number of benzene rings is 1. The van der Waals surface area contributed by atoms with Gasteiger partial charge in [0.15, 0.2) is 5.96 Å². The van der Waals surface area contributed by atoms with Gasteiger partial charge in [0.05, 0.1) is 20.2 Å². The zero-order chi connectivity index (χ0) is 14.7. The van der Waals surface area contributed by atoms with Crippen LogP contribution in [0.4, 0.5) is 0 Å². The fraction of sp³-hybridized carbons (Fsp3) is 0.312. The van der Waals surface area contributed by atoms with Crippen molar-refractivity contribution >= 4 is 17.3 Å². The maximum absolute atomic E-state index is 5.19. The van der Waals surface area contributed by atoms with Crippen molar-refractivity contribution in [2.75, 3.05) is 13.7 Å². The van der Waals surface area contributed by atoms with Gasteiger partial charge < -0.3 is 15.4 Å². The van der Waals surface area contributed by atoms with E-state index in [0.29, 0.717) is 6.04 Å². The molecule has 3 rings (SSSR count). The van der Waals surface area contributed by atoms with E-state index < -0.39 is 0 Å². The number of nitrogens with zero attached hydrogens (tertiary/aromatic N) is 1. The maximum Gasteiger partial charge on any atom is 0.191 e. The largest absolute Gasteiger partial charge is 0.497 e. The molecule has 0 spiro atoms. The van der Waals surface area contributed by atoms with Crippen molar-refractivity contribution in [1.82, 2.24) is 10.6 Å². The Morgan fingerprint density at radius 3 is 2.81 bits per heavy atom. The average Bonchev–Trinajstić information content (AvgIpc) is 3.14. The van der Waals surface area contributed by atoms with Gasteiger partial charge in [0.25, 0.3) is 0 Å². The Bertz CT molecular complexity index is 633. The molecule has 0 amide bonds. The third kappa shape index (κ3) is 3.36. The highest BCUT2D eigenvalue weighted by molar-refractivity contribution is 7.10. The van der Waals surface area contributed by atoms with Gasteiger partial charge in [-0.1, -0.05) is 12.1 Å². The number of nitrogens with one attached hydrogen (secondary N) is 2. The molecule has 2 N–H and O–H groups in total.